The maximum absolute atomic E-state index is 13.2. The van der Waals surface area contributed by atoms with Crippen LogP contribution in [0.3, 0.4) is 0 Å². The number of hydrogen-bond donors (Lipinski definition) is 0. The van der Waals surface area contributed by atoms with Gasteiger partial charge in [0.25, 0.3) is 0 Å². The first kappa shape index (κ1) is 12.9. The molecule has 3 rings (SSSR count). The van der Waals surface area contributed by atoms with Gasteiger partial charge >= 0.3 is 0 Å². The molecule has 0 bridgehead atoms. The SMILES string of the molecule is FN1CSC=C1Oc1ccc(Oc2ccccc2)cc1. The summed E-state index contributed by atoms with van der Waals surface area (Å²) in [4.78, 5) is 0. The van der Waals surface area contributed by atoms with Crippen LogP contribution in [0.25, 0.3) is 0 Å². The summed E-state index contributed by atoms with van der Waals surface area (Å²) in [7, 11) is 0. The van der Waals surface area contributed by atoms with Crippen molar-refractivity contribution in [1.29, 1.82) is 0 Å². The van der Waals surface area contributed by atoms with E-state index in [2.05, 4.69) is 0 Å². The first-order valence-electron chi connectivity index (χ1n) is 6.07. The zero-order chi connectivity index (χ0) is 13.8. The van der Waals surface area contributed by atoms with Gasteiger partial charge in [0, 0.05) is 5.41 Å². The van der Waals surface area contributed by atoms with E-state index in [0.717, 1.165) is 5.75 Å². The van der Waals surface area contributed by atoms with Crippen molar-refractivity contribution >= 4 is 11.8 Å². The van der Waals surface area contributed by atoms with E-state index in [4.69, 9.17) is 9.47 Å². The molecule has 1 aliphatic rings. The number of thioether (sulfide) groups is 1. The summed E-state index contributed by atoms with van der Waals surface area (Å²) in [6, 6.07) is 16.6. The van der Waals surface area contributed by atoms with Crippen molar-refractivity contribution < 1.29 is 14.0 Å². The topological polar surface area (TPSA) is 21.7 Å². The number of hydrogen-bond acceptors (Lipinski definition) is 4. The van der Waals surface area contributed by atoms with Crippen LogP contribution in [0, 0.1) is 0 Å². The van der Waals surface area contributed by atoms with E-state index < -0.39 is 0 Å². The Morgan fingerprint density at radius 3 is 2.05 bits per heavy atom. The fraction of sp³-hybridized carbons (Fsp3) is 0.0667. The maximum atomic E-state index is 13.2. The highest BCUT2D eigenvalue weighted by Gasteiger charge is 2.17. The molecule has 0 unspecified atom stereocenters. The second-order valence-corrected chi connectivity index (χ2v) is 4.93. The van der Waals surface area contributed by atoms with Crippen LogP contribution in [0.15, 0.2) is 65.9 Å². The van der Waals surface area contributed by atoms with Gasteiger partial charge in [-0.25, -0.2) is 0 Å². The molecule has 0 saturated carbocycles. The molecule has 0 aliphatic carbocycles. The number of para-hydroxylation sites is 1. The Labute approximate surface area is 120 Å². The average molecular weight is 289 g/mol. The molecule has 0 fully saturated rings. The number of nitrogens with zero attached hydrogens (tertiary/aromatic N) is 1. The third-order valence-electron chi connectivity index (χ3n) is 2.64. The van der Waals surface area contributed by atoms with Crippen molar-refractivity contribution in [2.75, 3.05) is 5.88 Å². The van der Waals surface area contributed by atoms with Crippen LogP contribution in [0.1, 0.15) is 0 Å². The number of benzene rings is 2. The summed E-state index contributed by atoms with van der Waals surface area (Å²) >= 11 is 1.35. The smallest absolute Gasteiger partial charge is 0.230 e. The van der Waals surface area contributed by atoms with Crippen LogP contribution < -0.4 is 9.47 Å². The standard InChI is InChI=1S/C15H12FNO2S/c16-17-11-20-10-15(17)19-14-8-6-13(7-9-14)18-12-4-2-1-3-5-12/h1-10H,11H2. The lowest BCUT2D eigenvalue weighted by Gasteiger charge is -2.11. The highest BCUT2D eigenvalue weighted by atomic mass is 32.2. The minimum Gasteiger partial charge on any atom is -0.457 e. The van der Waals surface area contributed by atoms with Gasteiger partial charge in [-0.1, -0.05) is 22.7 Å². The molecule has 1 heterocycles. The van der Waals surface area contributed by atoms with Crippen LogP contribution in [0.4, 0.5) is 4.48 Å². The Balaban J connectivity index is 1.66. The van der Waals surface area contributed by atoms with E-state index in [1.165, 1.54) is 11.8 Å². The van der Waals surface area contributed by atoms with Gasteiger partial charge in [-0.05, 0) is 36.4 Å². The number of rotatable bonds is 4. The highest BCUT2D eigenvalue weighted by molar-refractivity contribution is 8.02. The lowest BCUT2D eigenvalue weighted by molar-refractivity contribution is 0.0475. The third-order valence-corrected chi connectivity index (χ3v) is 3.38. The van der Waals surface area contributed by atoms with Crippen LogP contribution in [-0.2, 0) is 0 Å². The third kappa shape index (κ3) is 3.05. The zero-order valence-electron chi connectivity index (χ0n) is 10.5. The number of halogens is 1. The zero-order valence-corrected chi connectivity index (χ0v) is 11.3. The van der Waals surface area contributed by atoms with Crippen molar-refractivity contribution in [3.63, 3.8) is 0 Å². The normalized spacial score (nSPS) is 14.1. The van der Waals surface area contributed by atoms with Crippen molar-refractivity contribution in [1.82, 2.24) is 5.12 Å². The summed E-state index contributed by atoms with van der Waals surface area (Å²) < 4.78 is 24.3. The second kappa shape index (κ2) is 5.88. The van der Waals surface area contributed by atoms with Gasteiger partial charge < -0.3 is 9.47 Å². The molecule has 3 nitrogen and oxygen atoms in total. The van der Waals surface area contributed by atoms with Crippen molar-refractivity contribution in [3.05, 3.63) is 65.9 Å². The molecule has 2 aromatic carbocycles. The largest absolute Gasteiger partial charge is 0.457 e. The molecule has 102 valence electrons. The molecule has 0 aromatic heterocycles. The molecule has 0 radical (unpaired) electrons. The van der Waals surface area contributed by atoms with E-state index in [1.807, 2.05) is 30.3 Å². The molecule has 0 N–H and O–H groups in total. The monoisotopic (exact) mass is 289 g/mol. The first-order valence-corrected chi connectivity index (χ1v) is 7.12. The minimum atomic E-state index is 0.215. The quantitative estimate of drug-likeness (QED) is 0.770. The van der Waals surface area contributed by atoms with E-state index in [-0.39, 0.29) is 11.8 Å². The Bertz CT molecular complexity index is 601. The Kier molecular flexibility index (Phi) is 3.78. The Hall–Kier alpha value is -2.14. The summed E-state index contributed by atoms with van der Waals surface area (Å²) in [5.74, 6) is 2.53. The van der Waals surface area contributed by atoms with Crippen LogP contribution in [0.5, 0.6) is 17.2 Å². The van der Waals surface area contributed by atoms with Crippen molar-refractivity contribution in [3.8, 4) is 17.2 Å². The molecule has 5 heteroatoms. The van der Waals surface area contributed by atoms with Gasteiger partial charge in [0.15, 0.2) is 0 Å². The van der Waals surface area contributed by atoms with E-state index >= 15 is 0 Å². The highest BCUT2D eigenvalue weighted by Crippen LogP contribution is 2.28. The summed E-state index contributed by atoms with van der Waals surface area (Å²) in [5.41, 5.74) is 0. The Morgan fingerprint density at radius 1 is 0.850 bits per heavy atom. The maximum Gasteiger partial charge on any atom is 0.230 e. The molecular weight excluding hydrogens is 277 g/mol. The summed E-state index contributed by atoms with van der Waals surface area (Å²) in [5, 5.41) is 2.22. The molecule has 2 aromatic rings. The molecule has 20 heavy (non-hydrogen) atoms. The van der Waals surface area contributed by atoms with E-state index in [9.17, 15) is 4.48 Å². The lowest BCUT2D eigenvalue weighted by Crippen LogP contribution is -2.11. The predicted octanol–water partition coefficient (Wildman–Crippen LogP) is 4.55. The molecule has 0 atom stereocenters. The lowest BCUT2D eigenvalue weighted by atomic mass is 10.3. The molecule has 0 amide bonds. The van der Waals surface area contributed by atoms with Gasteiger partial charge in [0.1, 0.15) is 23.1 Å². The van der Waals surface area contributed by atoms with E-state index in [1.54, 1.807) is 29.7 Å². The summed E-state index contributed by atoms with van der Waals surface area (Å²) in [6.07, 6.45) is 0. The fourth-order valence-corrected chi connectivity index (χ4v) is 2.33. The average Bonchev–Trinajstić information content (AvgIpc) is 2.88. The predicted molar refractivity (Wildman–Crippen MR) is 77.1 cm³/mol. The van der Waals surface area contributed by atoms with Crippen molar-refractivity contribution in [2.24, 2.45) is 0 Å². The molecule has 1 aliphatic heterocycles. The van der Waals surface area contributed by atoms with Crippen LogP contribution >= 0.6 is 11.8 Å². The van der Waals surface area contributed by atoms with Gasteiger partial charge in [0.2, 0.25) is 5.88 Å². The molecular formula is C15H12FNO2S. The second-order valence-electron chi connectivity index (χ2n) is 4.10. The van der Waals surface area contributed by atoms with Gasteiger partial charge in [-0.2, -0.15) is 5.12 Å². The molecule has 0 spiro atoms. The minimum absolute atomic E-state index is 0.215. The van der Waals surface area contributed by atoms with Crippen molar-refractivity contribution in [2.45, 2.75) is 0 Å². The van der Waals surface area contributed by atoms with Crippen LogP contribution in [-0.4, -0.2) is 11.0 Å². The summed E-state index contributed by atoms with van der Waals surface area (Å²) in [6.45, 7) is 0. The fourth-order valence-electron chi connectivity index (χ4n) is 1.69. The molecule has 0 saturated heterocycles. The van der Waals surface area contributed by atoms with E-state index in [0.29, 0.717) is 16.6 Å². The van der Waals surface area contributed by atoms with Gasteiger partial charge in [-0.3, -0.25) is 0 Å². The number of ether oxygens (including phenoxy) is 2. The van der Waals surface area contributed by atoms with Gasteiger partial charge in [0.05, 0.1) is 0 Å². The first-order chi connectivity index (χ1) is 9.81. The van der Waals surface area contributed by atoms with Gasteiger partial charge in [-0.15, -0.1) is 11.8 Å². The van der Waals surface area contributed by atoms with Crippen LogP contribution in [0.2, 0.25) is 0 Å². The Morgan fingerprint density at radius 2 is 1.45 bits per heavy atom.